The van der Waals surface area contributed by atoms with Crippen LogP contribution in [0.15, 0.2) is 10.7 Å². The minimum atomic E-state index is 0.237. The minimum Gasteiger partial charge on any atom is -0.396 e. The molecule has 0 unspecified atom stereocenters. The third-order valence-corrected chi connectivity index (χ3v) is 1.99. The summed E-state index contributed by atoms with van der Waals surface area (Å²) in [5.74, 6) is 0. The van der Waals surface area contributed by atoms with E-state index < -0.39 is 0 Å². The van der Waals surface area contributed by atoms with Gasteiger partial charge in [0, 0.05) is 6.20 Å². The Morgan fingerprint density at radius 2 is 2.00 bits per heavy atom. The van der Waals surface area contributed by atoms with Crippen molar-refractivity contribution in [1.29, 1.82) is 0 Å². The summed E-state index contributed by atoms with van der Waals surface area (Å²) in [6.45, 7) is 0. The molecule has 4 N–H and O–H groups in total. The van der Waals surface area contributed by atoms with Gasteiger partial charge in [-0.15, -0.1) is 0 Å². The van der Waals surface area contributed by atoms with Crippen LogP contribution in [0.2, 0.25) is 5.15 Å². The number of anilines is 2. The van der Waals surface area contributed by atoms with E-state index in [9.17, 15) is 0 Å². The summed E-state index contributed by atoms with van der Waals surface area (Å²) in [4.78, 5) is 3.75. The number of nitrogens with zero attached hydrogens (tertiary/aromatic N) is 1. The lowest BCUT2D eigenvalue weighted by Gasteiger charge is -2.01. The maximum absolute atomic E-state index is 5.55. The van der Waals surface area contributed by atoms with Crippen molar-refractivity contribution in [3.05, 3.63) is 15.8 Å². The van der Waals surface area contributed by atoms with E-state index in [1.807, 2.05) is 0 Å². The molecule has 0 aliphatic carbocycles. The van der Waals surface area contributed by atoms with Gasteiger partial charge in [-0.1, -0.05) is 11.6 Å². The first-order valence-electron chi connectivity index (χ1n) is 2.48. The SMILES string of the molecule is Nc1c(Br)cnc(Cl)c1N. The Morgan fingerprint density at radius 3 is 2.50 bits per heavy atom. The van der Waals surface area contributed by atoms with Gasteiger partial charge in [-0.25, -0.2) is 4.98 Å². The molecule has 0 aliphatic rings. The zero-order valence-electron chi connectivity index (χ0n) is 4.94. The summed E-state index contributed by atoms with van der Waals surface area (Å²) in [6, 6.07) is 0. The summed E-state index contributed by atoms with van der Waals surface area (Å²) in [6.07, 6.45) is 1.51. The maximum atomic E-state index is 5.55. The first-order valence-corrected chi connectivity index (χ1v) is 3.65. The maximum Gasteiger partial charge on any atom is 0.154 e. The Balaban J connectivity index is 3.34. The van der Waals surface area contributed by atoms with Gasteiger partial charge >= 0.3 is 0 Å². The number of rotatable bonds is 0. The van der Waals surface area contributed by atoms with E-state index in [4.69, 9.17) is 23.1 Å². The molecule has 3 nitrogen and oxygen atoms in total. The van der Waals surface area contributed by atoms with Gasteiger partial charge in [0.15, 0.2) is 5.15 Å². The summed E-state index contributed by atoms with van der Waals surface area (Å²) >= 11 is 8.70. The van der Waals surface area contributed by atoms with E-state index in [-0.39, 0.29) is 5.15 Å². The number of pyridine rings is 1. The molecule has 54 valence electrons. The van der Waals surface area contributed by atoms with Crippen LogP contribution in [0.5, 0.6) is 0 Å². The number of hydrogen-bond donors (Lipinski definition) is 2. The molecule has 1 aromatic heterocycles. The molecule has 10 heavy (non-hydrogen) atoms. The molecule has 5 heteroatoms. The van der Waals surface area contributed by atoms with Crippen molar-refractivity contribution in [2.75, 3.05) is 11.5 Å². The normalized spacial score (nSPS) is 9.80. The van der Waals surface area contributed by atoms with Crippen molar-refractivity contribution >= 4 is 38.9 Å². The minimum absolute atomic E-state index is 0.237. The van der Waals surface area contributed by atoms with Crippen LogP contribution in [-0.4, -0.2) is 4.98 Å². The number of hydrogen-bond acceptors (Lipinski definition) is 3. The van der Waals surface area contributed by atoms with Crippen molar-refractivity contribution in [3.8, 4) is 0 Å². The standard InChI is InChI=1S/C5H5BrClN3/c6-2-1-10-5(7)4(9)3(2)8/h1H,9H2,(H2,8,10). The largest absolute Gasteiger partial charge is 0.396 e. The summed E-state index contributed by atoms with van der Waals surface area (Å²) in [5.41, 5.74) is 11.7. The summed E-state index contributed by atoms with van der Waals surface area (Å²) < 4.78 is 0.661. The molecule has 0 aliphatic heterocycles. The number of halogens is 2. The Bertz CT molecular complexity index is 236. The van der Waals surface area contributed by atoms with Gasteiger partial charge in [0.1, 0.15) is 0 Å². The van der Waals surface area contributed by atoms with Crippen LogP contribution in [-0.2, 0) is 0 Å². The molecule has 0 bridgehead atoms. The quantitative estimate of drug-likeness (QED) is 0.656. The lowest BCUT2D eigenvalue weighted by Crippen LogP contribution is -1.97. The van der Waals surface area contributed by atoms with Crippen LogP contribution in [0, 0.1) is 0 Å². The van der Waals surface area contributed by atoms with Gasteiger partial charge in [0.2, 0.25) is 0 Å². The molecular weight excluding hydrogens is 217 g/mol. The molecule has 0 atom stereocenters. The monoisotopic (exact) mass is 221 g/mol. The van der Waals surface area contributed by atoms with E-state index in [1.165, 1.54) is 6.20 Å². The molecular formula is C5H5BrClN3. The van der Waals surface area contributed by atoms with Crippen molar-refractivity contribution in [1.82, 2.24) is 4.98 Å². The highest BCUT2D eigenvalue weighted by Gasteiger charge is 2.03. The highest BCUT2D eigenvalue weighted by atomic mass is 79.9. The molecule has 0 amide bonds. The molecule has 0 saturated carbocycles. The van der Waals surface area contributed by atoms with E-state index in [0.717, 1.165) is 0 Å². The second kappa shape index (κ2) is 2.64. The average molecular weight is 222 g/mol. The second-order valence-corrected chi connectivity index (χ2v) is 2.94. The van der Waals surface area contributed by atoms with Gasteiger partial charge in [-0.05, 0) is 15.9 Å². The second-order valence-electron chi connectivity index (χ2n) is 1.72. The van der Waals surface area contributed by atoms with Gasteiger partial charge in [-0.3, -0.25) is 0 Å². The Morgan fingerprint density at radius 1 is 1.40 bits per heavy atom. The zero-order valence-corrected chi connectivity index (χ0v) is 7.28. The fourth-order valence-corrected chi connectivity index (χ4v) is 0.959. The van der Waals surface area contributed by atoms with Crippen LogP contribution < -0.4 is 11.5 Å². The van der Waals surface area contributed by atoms with E-state index in [1.54, 1.807) is 0 Å². The van der Waals surface area contributed by atoms with E-state index >= 15 is 0 Å². The van der Waals surface area contributed by atoms with Crippen LogP contribution in [0.4, 0.5) is 11.4 Å². The first kappa shape index (κ1) is 7.63. The molecule has 0 aromatic carbocycles. The number of nitrogens with two attached hydrogens (primary N) is 2. The summed E-state index contributed by atoms with van der Waals surface area (Å²) in [5, 5.41) is 0.237. The lowest BCUT2D eigenvalue weighted by atomic mass is 10.4. The van der Waals surface area contributed by atoms with Gasteiger partial charge in [-0.2, -0.15) is 0 Å². The zero-order chi connectivity index (χ0) is 7.72. The van der Waals surface area contributed by atoms with E-state index in [0.29, 0.717) is 15.8 Å². The first-order chi connectivity index (χ1) is 4.63. The van der Waals surface area contributed by atoms with Gasteiger partial charge in [0.05, 0.1) is 15.8 Å². The van der Waals surface area contributed by atoms with Crippen molar-refractivity contribution in [3.63, 3.8) is 0 Å². The molecule has 0 fully saturated rings. The number of aromatic nitrogens is 1. The lowest BCUT2D eigenvalue weighted by molar-refractivity contribution is 1.32. The fraction of sp³-hybridized carbons (Fsp3) is 0. The number of nitrogen functional groups attached to an aromatic ring is 2. The van der Waals surface area contributed by atoms with Crippen molar-refractivity contribution in [2.24, 2.45) is 0 Å². The third-order valence-electron chi connectivity index (χ3n) is 1.06. The summed E-state index contributed by atoms with van der Waals surface area (Å²) in [7, 11) is 0. The topological polar surface area (TPSA) is 64.9 Å². The van der Waals surface area contributed by atoms with Crippen LogP contribution >= 0.6 is 27.5 Å². The van der Waals surface area contributed by atoms with Crippen LogP contribution in [0.1, 0.15) is 0 Å². The van der Waals surface area contributed by atoms with E-state index in [2.05, 4.69) is 20.9 Å². The predicted molar refractivity (Wildman–Crippen MR) is 45.8 cm³/mol. The predicted octanol–water partition coefficient (Wildman–Crippen LogP) is 1.66. The molecule has 0 saturated heterocycles. The molecule has 1 heterocycles. The fourth-order valence-electron chi connectivity index (χ4n) is 0.492. The van der Waals surface area contributed by atoms with Gasteiger partial charge < -0.3 is 11.5 Å². The highest BCUT2D eigenvalue weighted by Crippen LogP contribution is 2.28. The molecule has 1 aromatic rings. The molecule has 0 spiro atoms. The third kappa shape index (κ3) is 1.17. The average Bonchev–Trinajstić information content (AvgIpc) is 1.93. The molecule has 0 radical (unpaired) electrons. The molecule has 1 rings (SSSR count). The Hall–Kier alpha value is -0.480. The van der Waals surface area contributed by atoms with Gasteiger partial charge in [0.25, 0.3) is 0 Å². The highest BCUT2D eigenvalue weighted by molar-refractivity contribution is 9.10. The van der Waals surface area contributed by atoms with Crippen LogP contribution in [0.3, 0.4) is 0 Å². The Kier molecular flexibility index (Phi) is 2.01. The Labute approximate surface area is 71.5 Å². The van der Waals surface area contributed by atoms with Crippen molar-refractivity contribution < 1.29 is 0 Å². The smallest absolute Gasteiger partial charge is 0.154 e. The van der Waals surface area contributed by atoms with Crippen molar-refractivity contribution in [2.45, 2.75) is 0 Å². The van der Waals surface area contributed by atoms with Crippen LogP contribution in [0.25, 0.3) is 0 Å².